The van der Waals surface area contributed by atoms with E-state index in [9.17, 15) is 4.79 Å². The summed E-state index contributed by atoms with van der Waals surface area (Å²) in [7, 11) is 3.94. The van der Waals surface area contributed by atoms with Crippen LogP contribution in [0.3, 0.4) is 0 Å². The molecule has 0 aliphatic heterocycles. The zero-order valence-corrected chi connectivity index (χ0v) is 12.4. The van der Waals surface area contributed by atoms with Crippen LogP contribution >= 0.6 is 11.6 Å². The van der Waals surface area contributed by atoms with Crippen molar-refractivity contribution in [3.8, 4) is 11.5 Å². The number of anilines is 1. The Bertz CT molecular complexity index is 638. The topological polar surface area (TPSA) is 29.5 Å². The minimum absolute atomic E-state index is 0.0591. The van der Waals surface area contributed by atoms with Crippen molar-refractivity contribution < 1.29 is 9.53 Å². The first-order valence-corrected chi connectivity index (χ1v) is 6.61. The molecule has 0 bridgehead atoms. The van der Waals surface area contributed by atoms with Crippen molar-refractivity contribution in [2.75, 3.05) is 19.0 Å². The Balaban J connectivity index is 2.24. The molecule has 0 heterocycles. The molecular formula is C16H16ClNO2. The van der Waals surface area contributed by atoms with Crippen molar-refractivity contribution in [2.24, 2.45) is 0 Å². The maximum absolute atomic E-state index is 11.3. The number of carbonyl (C=O) groups is 1. The first-order chi connectivity index (χ1) is 9.47. The maximum atomic E-state index is 11.3. The van der Waals surface area contributed by atoms with Gasteiger partial charge in [0.2, 0.25) is 0 Å². The molecule has 0 N–H and O–H groups in total. The molecule has 0 spiro atoms. The van der Waals surface area contributed by atoms with Crippen molar-refractivity contribution in [2.45, 2.75) is 6.92 Å². The van der Waals surface area contributed by atoms with E-state index in [0.717, 1.165) is 11.4 Å². The van der Waals surface area contributed by atoms with Crippen LogP contribution in [0.15, 0.2) is 42.5 Å². The molecule has 104 valence electrons. The van der Waals surface area contributed by atoms with Gasteiger partial charge in [-0.1, -0.05) is 17.7 Å². The van der Waals surface area contributed by atoms with Gasteiger partial charge >= 0.3 is 0 Å². The average molecular weight is 290 g/mol. The lowest BCUT2D eigenvalue weighted by Gasteiger charge is -2.14. The fourth-order valence-corrected chi connectivity index (χ4v) is 2.11. The van der Waals surface area contributed by atoms with Crippen LogP contribution in [0.25, 0.3) is 0 Å². The first-order valence-electron chi connectivity index (χ1n) is 6.23. The predicted molar refractivity (Wildman–Crippen MR) is 82.3 cm³/mol. The van der Waals surface area contributed by atoms with Crippen molar-refractivity contribution in [1.29, 1.82) is 0 Å². The second-order valence-electron chi connectivity index (χ2n) is 4.69. The van der Waals surface area contributed by atoms with Crippen LogP contribution in [0.5, 0.6) is 11.5 Å². The van der Waals surface area contributed by atoms with Crippen LogP contribution in [0.4, 0.5) is 5.69 Å². The Hall–Kier alpha value is -2.00. The smallest absolute Gasteiger partial charge is 0.161 e. The summed E-state index contributed by atoms with van der Waals surface area (Å²) in [6, 6.07) is 12.8. The summed E-state index contributed by atoms with van der Waals surface area (Å²) in [5.41, 5.74) is 1.55. The van der Waals surface area contributed by atoms with Crippen molar-refractivity contribution in [3.63, 3.8) is 0 Å². The first kappa shape index (κ1) is 14.4. The van der Waals surface area contributed by atoms with Gasteiger partial charge in [0.15, 0.2) is 5.78 Å². The molecule has 0 saturated heterocycles. The Kier molecular flexibility index (Phi) is 4.30. The van der Waals surface area contributed by atoms with E-state index in [1.807, 2.05) is 43.3 Å². The van der Waals surface area contributed by atoms with Gasteiger partial charge < -0.3 is 9.64 Å². The lowest BCUT2D eigenvalue weighted by atomic mass is 10.1. The molecule has 3 nitrogen and oxygen atoms in total. The Morgan fingerprint density at radius 3 is 2.40 bits per heavy atom. The molecule has 0 radical (unpaired) electrons. The summed E-state index contributed by atoms with van der Waals surface area (Å²) in [5.74, 6) is 1.27. The van der Waals surface area contributed by atoms with E-state index in [0.29, 0.717) is 16.3 Å². The molecule has 0 aliphatic rings. The molecule has 4 heteroatoms. The number of nitrogens with zero attached hydrogens (tertiary/aromatic N) is 1. The molecule has 0 aliphatic carbocycles. The normalized spacial score (nSPS) is 10.2. The second kappa shape index (κ2) is 5.97. The zero-order chi connectivity index (χ0) is 14.7. The third-order valence-electron chi connectivity index (χ3n) is 2.89. The molecule has 2 rings (SSSR count). The van der Waals surface area contributed by atoms with Gasteiger partial charge in [-0.05, 0) is 31.2 Å². The standard InChI is InChI=1S/C16H16ClNO2/c1-11(19)15-8-7-14(10-16(15)17)20-13-6-4-5-12(9-13)18(2)3/h4-10H,1-3H3. The molecule has 0 aromatic heterocycles. The van der Waals surface area contributed by atoms with Gasteiger partial charge in [-0.3, -0.25) is 4.79 Å². The van der Waals surface area contributed by atoms with Gasteiger partial charge in [-0.15, -0.1) is 0 Å². The number of hydrogen-bond donors (Lipinski definition) is 0. The number of rotatable bonds is 4. The van der Waals surface area contributed by atoms with Crippen LogP contribution in [-0.4, -0.2) is 19.9 Å². The Labute approximate surface area is 123 Å². The highest BCUT2D eigenvalue weighted by atomic mass is 35.5. The summed E-state index contributed by atoms with van der Waals surface area (Å²) < 4.78 is 5.76. The minimum atomic E-state index is -0.0591. The van der Waals surface area contributed by atoms with Crippen molar-refractivity contribution in [1.82, 2.24) is 0 Å². The lowest BCUT2D eigenvalue weighted by Crippen LogP contribution is -2.08. The van der Waals surface area contributed by atoms with E-state index in [1.165, 1.54) is 6.92 Å². The van der Waals surface area contributed by atoms with E-state index in [1.54, 1.807) is 18.2 Å². The van der Waals surface area contributed by atoms with E-state index in [-0.39, 0.29) is 5.78 Å². The summed E-state index contributed by atoms with van der Waals surface area (Å²) in [6.07, 6.45) is 0. The maximum Gasteiger partial charge on any atom is 0.161 e. The van der Waals surface area contributed by atoms with Crippen LogP contribution in [0.1, 0.15) is 17.3 Å². The molecular weight excluding hydrogens is 274 g/mol. The van der Waals surface area contributed by atoms with Crippen LogP contribution in [-0.2, 0) is 0 Å². The van der Waals surface area contributed by atoms with Gasteiger partial charge in [-0.25, -0.2) is 0 Å². The van der Waals surface area contributed by atoms with Crippen molar-refractivity contribution >= 4 is 23.1 Å². The minimum Gasteiger partial charge on any atom is -0.457 e. The van der Waals surface area contributed by atoms with Crippen LogP contribution in [0.2, 0.25) is 5.02 Å². The monoisotopic (exact) mass is 289 g/mol. The fraction of sp³-hybridized carbons (Fsp3) is 0.188. The van der Waals surface area contributed by atoms with Gasteiger partial charge in [0.1, 0.15) is 11.5 Å². The summed E-state index contributed by atoms with van der Waals surface area (Å²) >= 11 is 6.06. The highest BCUT2D eigenvalue weighted by molar-refractivity contribution is 6.34. The number of Topliss-reactive ketones (excluding diaryl/α,β-unsaturated/α-hetero) is 1. The van der Waals surface area contributed by atoms with Gasteiger partial charge in [0.25, 0.3) is 0 Å². The number of carbonyl (C=O) groups excluding carboxylic acids is 1. The molecule has 20 heavy (non-hydrogen) atoms. The van der Waals surface area contributed by atoms with Crippen LogP contribution in [0, 0.1) is 0 Å². The third-order valence-corrected chi connectivity index (χ3v) is 3.20. The lowest BCUT2D eigenvalue weighted by molar-refractivity contribution is 0.101. The molecule has 0 unspecified atom stereocenters. The van der Waals surface area contributed by atoms with Crippen molar-refractivity contribution in [3.05, 3.63) is 53.1 Å². The van der Waals surface area contributed by atoms with E-state index < -0.39 is 0 Å². The zero-order valence-electron chi connectivity index (χ0n) is 11.7. The molecule has 2 aromatic carbocycles. The van der Waals surface area contributed by atoms with Crippen LogP contribution < -0.4 is 9.64 Å². The van der Waals surface area contributed by atoms with Gasteiger partial charge in [0, 0.05) is 37.5 Å². The highest BCUT2D eigenvalue weighted by Crippen LogP contribution is 2.28. The highest BCUT2D eigenvalue weighted by Gasteiger charge is 2.07. The number of benzene rings is 2. The van der Waals surface area contributed by atoms with E-state index in [2.05, 4.69) is 0 Å². The average Bonchev–Trinajstić information content (AvgIpc) is 2.38. The summed E-state index contributed by atoms with van der Waals surface area (Å²) in [6.45, 7) is 1.49. The summed E-state index contributed by atoms with van der Waals surface area (Å²) in [5, 5.41) is 0.402. The number of ether oxygens (including phenoxy) is 1. The molecule has 0 fully saturated rings. The third kappa shape index (κ3) is 3.31. The Morgan fingerprint density at radius 1 is 1.10 bits per heavy atom. The summed E-state index contributed by atoms with van der Waals surface area (Å²) in [4.78, 5) is 13.3. The van der Waals surface area contributed by atoms with E-state index in [4.69, 9.17) is 16.3 Å². The molecule has 0 saturated carbocycles. The fourth-order valence-electron chi connectivity index (χ4n) is 1.81. The number of hydrogen-bond acceptors (Lipinski definition) is 3. The van der Waals surface area contributed by atoms with Gasteiger partial charge in [0.05, 0.1) is 5.02 Å². The molecule has 2 aromatic rings. The second-order valence-corrected chi connectivity index (χ2v) is 5.10. The number of ketones is 1. The van der Waals surface area contributed by atoms with E-state index >= 15 is 0 Å². The molecule has 0 amide bonds. The van der Waals surface area contributed by atoms with Gasteiger partial charge in [-0.2, -0.15) is 0 Å². The quantitative estimate of drug-likeness (QED) is 0.781. The molecule has 0 atom stereocenters. The Morgan fingerprint density at radius 2 is 1.80 bits per heavy atom. The largest absolute Gasteiger partial charge is 0.457 e. The number of halogens is 1. The SMILES string of the molecule is CC(=O)c1ccc(Oc2cccc(N(C)C)c2)cc1Cl. The predicted octanol–water partition coefficient (Wildman–Crippen LogP) is 4.40.